The highest BCUT2D eigenvalue weighted by atomic mass is 19.1. The van der Waals surface area contributed by atoms with E-state index in [0.29, 0.717) is 6.07 Å². The number of carbonyl (C=O) groups excluding carboxylic acids is 2. The lowest BCUT2D eigenvalue weighted by atomic mass is 10.1. The zero-order valence-electron chi connectivity index (χ0n) is 22.0. The molecule has 0 aliphatic rings. The zero-order valence-corrected chi connectivity index (χ0v) is 22.0. The Bertz CT molecular complexity index is 1450. The fourth-order valence-electron chi connectivity index (χ4n) is 3.52. The molecule has 2 N–H and O–H groups in total. The first kappa shape index (κ1) is 29.0. The van der Waals surface area contributed by atoms with Gasteiger partial charge in [-0.05, 0) is 31.9 Å². The summed E-state index contributed by atoms with van der Waals surface area (Å²) < 4.78 is 34.6. The minimum Gasteiger partial charge on any atom is -0.483 e. The van der Waals surface area contributed by atoms with Gasteiger partial charge in [-0.3, -0.25) is 14.4 Å². The minimum absolute atomic E-state index is 0.0383. The van der Waals surface area contributed by atoms with E-state index < -0.39 is 34.9 Å². The van der Waals surface area contributed by atoms with Gasteiger partial charge in [0.05, 0.1) is 0 Å². The van der Waals surface area contributed by atoms with Crippen LogP contribution >= 0.6 is 0 Å². The molecule has 1 radical (unpaired) electrons. The minimum atomic E-state index is -0.833. The van der Waals surface area contributed by atoms with E-state index in [9.17, 15) is 23.2 Å². The number of aromatic nitrogens is 1. The van der Waals surface area contributed by atoms with E-state index in [1.54, 1.807) is 57.7 Å². The number of hydrogen-bond acceptors (Lipinski definition) is 4. The number of amides is 2. The molecule has 39 heavy (non-hydrogen) atoms. The van der Waals surface area contributed by atoms with Crippen LogP contribution in [0.3, 0.4) is 0 Å². The standard InChI is InChI=1S/C30H30F2N3O4/c1-5-19(3)16-35-17-24(29(37)33-15-22-12-13-23(31)14-25(22)32)27(36)28(26(35)30(38)34-20(4)6-2)39-18-21-10-8-7-9-11-21/h5-14,16-17,20H,2,15,18H2,1,3-4H3,(H,33,37)(H,34,38)/t20-/m0/s1. The molecular formula is C30H30F2N3O4. The third-order valence-electron chi connectivity index (χ3n) is 5.84. The van der Waals surface area contributed by atoms with Crippen molar-refractivity contribution in [2.45, 2.75) is 40.0 Å². The van der Waals surface area contributed by atoms with Gasteiger partial charge in [0.15, 0.2) is 11.4 Å². The summed E-state index contributed by atoms with van der Waals surface area (Å²) in [5.74, 6) is -3.34. The van der Waals surface area contributed by atoms with E-state index in [2.05, 4.69) is 17.2 Å². The summed E-state index contributed by atoms with van der Waals surface area (Å²) in [6.07, 6.45) is 6.13. The van der Waals surface area contributed by atoms with Gasteiger partial charge in [-0.15, -0.1) is 6.58 Å². The molecule has 9 heteroatoms. The summed E-state index contributed by atoms with van der Waals surface area (Å²) >= 11 is 0. The second-order valence-corrected chi connectivity index (χ2v) is 8.81. The maximum atomic E-state index is 14.1. The van der Waals surface area contributed by atoms with E-state index in [0.717, 1.165) is 17.2 Å². The number of rotatable bonds is 11. The molecule has 0 saturated carbocycles. The monoisotopic (exact) mass is 534 g/mol. The van der Waals surface area contributed by atoms with Crippen molar-refractivity contribution in [1.82, 2.24) is 15.2 Å². The fraction of sp³-hybridized carbons (Fsp3) is 0.200. The molecule has 0 fully saturated rings. The molecule has 203 valence electrons. The van der Waals surface area contributed by atoms with E-state index in [1.165, 1.54) is 22.9 Å². The van der Waals surface area contributed by atoms with Crippen molar-refractivity contribution < 1.29 is 23.1 Å². The number of pyridine rings is 1. The van der Waals surface area contributed by atoms with Crippen molar-refractivity contribution >= 4 is 18.0 Å². The molecule has 0 aliphatic carbocycles. The Morgan fingerprint density at radius 3 is 2.49 bits per heavy atom. The summed E-state index contributed by atoms with van der Waals surface area (Å²) in [4.78, 5) is 40.1. The molecule has 3 rings (SSSR count). The van der Waals surface area contributed by atoms with Gasteiger partial charge >= 0.3 is 0 Å². The van der Waals surface area contributed by atoms with E-state index >= 15 is 0 Å². The second kappa shape index (κ2) is 13.3. The quantitative estimate of drug-likeness (QED) is 0.338. The highest BCUT2D eigenvalue weighted by Crippen LogP contribution is 2.20. The van der Waals surface area contributed by atoms with Gasteiger partial charge in [0, 0.05) is 36.6 Å². The Kier molecular flexibility index (Phi) is 9.92. The number of allylic oxidation sites excluding steroid dienone is 1. The van der Waals surface area contributed by atoms with Crippen LogP contribution in [0.15, 0.2) is 77.8 Å². The van der Waals surface area contributed by atoms with Crippen LogP contribution in [0.2, 0.25) is 0 Å². The van der Waals surface area contributed by atoms with E-state index in [-0.39, 0.29) is 35.7 Å². The molecule has 3 aromatic rings. The van der Waals surface area contributed by atoms with Gasteiger partial charge in [0.1, 0.15) is 23.8 Å². The lowest BCUT2D eigenvalue weighted by molar-refractivity contribution is 0.0923. The lowest BCUT2D eigenvalue weighted by Crippen LogP contribution is -2.36. The smallest absolute Gasteiger partial charge is 0.272 e. The molecule has 2 aromatic carbocycles. The number of carbonyl (C=O) groups is 2. The van der Waals surface area contributed by atoms with E-state index in [4.69, 9.17) is 4.74 Å². The first-order valence-electron chi connectivity index (χ1n) is 12.2. The first-order valence-corrected chi connectivity index (χ1v) is 12.2. The number of halogens is 2. The van der Waals surface area contributed by atoms with Crippen LogP contribution in [0.5, 0.6) is 5.75 Å². The van der Waals surface area contributed by atoms with Crippen LogP contribution in [0.25, 0.3) is 6.20 Å². The molecule has 0 aliphatic heterocycles. The van der Waals surface area contributed by atoms with Gasteiger partial charge < -0.3 is 19.9 Å². The fourth-order valence-corrected chi connectivity index (χ4v) is 3.52. The van der Waals surface area contributed by atoms with Crippen molar-refractivity contribution in [3.63, 3.8) is 0 Å². The molecule has 1 atom stereocenters. The number of nitrogens with one attached hydrogen (secondary N) is 2. The SMILES string of the molecule is C=C[C@H](C)NC(=O)c1c(OCc2ccccc2)c(=O)c(C(=O)NCc2ccc(F)cc2F)cn1C=C(C)[CH]C. The Morgan fingerprint density at radius 1 is 1.13 bits per heavy atom. The highest BCUT2D eigenvalue weighted by molar-refractivity contribution is 5.99. The Morgan fingerprint density at radius 2 is 1.85 bits per heavy atom. The van der Waals surface area contributed by atoms with Gasteiger partial charge in [0.25, 0.3) is 11.8 Å². The van der Waals surface area contributed by atoms with Gasteiger partial charge in [-0.2, -0.15) is 0 Å². The maximum Gasteiger partial charge on any atom is 0.272 e. The number of benzene rings is 2. The van der Waals surface area contributed by atoms with Crippen LogP contribution in [-0.4, -0.2) is 22.4 Å². The van der Waals surface area contributed by atoms with Crippen molar-refractivity contribution in [3.05, 3.63) is 124 Å². The molecule has 0 spiro atoms. The summed E-state index contributed by atoms with van der Waals surface area (Å²) in [6, 6.07) is 11.6. The highest BCUT2D eigenvalue weighted by Gasteiger charge is 2.26. The molecule has 0 bridgehead atoms. The van der Waals surface area contributed by atoms with Gasteiger partial charge in [-0.25, -0.2) is 8.78 Å². The van der Waals surface area contributed by atoms with Gasteiger partial charge in [-0.1, -0.05) is 55.0 Å². The van der Waals surface area contributed by atoms with Crippen LogP contribution in [0.1, 0.15) is 52.7 Å². The predicted octanol–water partition coefficient (Wildman–Crippen LogP) is 5.02. The zero-order chi connectivity index (χ0) is 28.5. The molecule has 0 saturated heterocycles. The third kappa shape index (κ3) is 7.50. The van der Waals surface area contributed by atoms with Crippen molar-refractivity contribution in [1.29, 1.82) is 0 Å². The summed E-state index contributed by atoms with van der Waals surface area (Å²) in [5.41, 5.74) is 0.266. The summed E-state index contributed by atoms with van der Waals surface area (Å²) in [6.45, 7) is 8.64. The van der Waals surface area contributed by atoms with Gasteiger partial charge in [0.2, 0.25) is 5.43 Å². The second-order valence-electron chi connectivity index (χ2n) is 8.81. The Labute approximate surface area is 225 Å². The van der Waals surface area contributed by atoms with Crippen LogP contribution in [0.4, 0.5) is 8.78 Å². The van der Waals surface area contributed by atoms with E-state index in [1.807, 2.05) is 6.07 Å². The van der Waals surface area contributed by atoms with Crippen LogP contribution < -0.4 is 20.8 Å². The summed E-state index contributed by atoms with van der Waals surface area (Å²) in [7, 11) is 0. The van der Waals surface area contributed by atoms with Crippen molar-refractivity contribution in [3.8, 4) is 5.75 Å². The average molecular weight is 535 g/mol. The molecule has 1 aromatic heterocycles. The normalized spacial score (nSPS) is 12.0. The van der Waals surface area contributed by atoms with Crippen molar-refractivity contribution in [2.24, 2.45) is 0 Å². The number of hydrogen-bond donors (Lipinski definition) is 2. The number of nitrogens with zero attached hydrogens (tertiary/aromatic N) is 1. The molecular weight excluding hydrogens is 504 g/mol. The maximum absolute atomic E-state index is 14.1. The first-order chi connectivity index (χ1) is 18.6. The molecule has 7 nitrogen and oxygen atoms in total. The summed E-state index contributed by atoms with van der Waals surface area (Å²) in [5, 5.41) is 5.23. The largest absolute Gasteiger partial charge is 0.483 e. The topological polar surface area (TPSA) is 89.4 Å². The molecule has 1 heterocycles. The van der Waals surface area contributed by atoms with Crippen molar-refractivity contribution in [2.75, 3.05) is 0 Å². The average Bonchev–Trinajstić information content (AvgIpc) is 2.92. The lowest BCUT2D eigenvalue weighted by Gasteiger charge is -2.19. The predicted molar refractivity (Wildman–Crippen MR) is 146 cm³/mol. The molecule has 0 unspecified atom stereocenters. The Hall–Kier alpha value is -4.53. The number of ether oxygens (including phenoxy) is 1. The molecule has 2 amide bonds. The third-order valence-corrected chi connectivity index (χ3v) is 5.84. The van der Waals surface area contributed by atoms with Crippen LogP contribution in [0, 0.1) is 18.1 Å². The van der Waals surface area contributed by atoms with Crippen LogP contribution in [-0.2, 0) is 13.2 Å². The Balaban J connectivity index is 2.11.